The van der Waals surface area contributed by atoms with Crippen LogP contribution in [0.25, 0.3) is 6.08 Å². The predicted molar refractivity (Wildman–Crippen MR) is 151 cm³/mol. The molecule has 2 unspecified atom stereocenters. The number of ether oxygens (including phenoxy) is 1. The van der Waals surface area contributed by atoms with Gasteiger partial charge in [0.2, 0.25) is 0 Å². The molecule has 0 saturated heterocycles. The number of alkyl carbamates (subject to hydrolysis) is 1. The number of hydrogen-bond acceptors (Lipinski definition) is 5. The molecule has 8 heteroatoms. The van der Waals surface area contributed by atoms with Crippen molar-refractivity contribution in [2.24, 2.45) is 0 Å². The monoisotopic (exact) mass is 521 g/mol. The summed E-state index contributed by atoms with van der Waals surface area (Å²) in [5.41, 5.74) is 1.99. The first-order chi connectivity index (χ1) is 17.5. The number of nitrogens with one attached hydrogen (secondary N) is 2. The number of carbonyl (C=O) groups is 3. The Kier molecular flexibility index (Phi) is 10.8. The summed E-state index contributed by atoms with van der Waals surface area (Å²) < 4.78 is 5.36. The minimum Gasteiger partial charge on any atom is -0.444 e. The highest BCUT2D eigenvalue weighted by atomic mass is 32.2. The molecule has 2 atom stereocenters. The number of anilines is 1. The Morgan fingerprint density at radius 2 is 1.89 bits per heavy atom. The van der Waals surface area contributed by atoms with Gasteiger partial charge >= 0.3 is 6.09 Å². The lowest BCUT2D eigenvalue weighted by molar-refractivity contribution is -0.136. The van der Waals surface area contributed by atoms with Gasteiger partial charge in [-0.15, -0.1) is 0 Å². The maximum absolute atomic E-state index is 13.8. The average Bonchev–Trinajstić information content (AvgIpc) is 2.84. The number of thioether (sulfide) groups is 1. The summed E-state index contributed by atoms with van der Waals surface area (Å²) in [5, 5.41) is 5.54. The maximum Gasteiger partial charge on any atom is 0.408 e. The summed E-state index contributed by atoms with van der Waals surface area (Å²) in [6.45, 7) is 10.9. The van der Waals surface area contributed by atoms with Gasteiger partial charge in [0.05, 0.1) is 0 Å². The van der Waals surface area contributed by atoms with E-state index >= 15 is 0 Å². The minimum absolute atomic E-state index is 0.302. The second-order valence-electron chi connectivity index (χ2n) is 9.40. The highest BCUT2D eigenvalue weighted by Gasteiger charge is 2.36. The van der Waals surface area contributed by atoms with E-state index in [4.69, 9.17) is 11.2 Å². The van der Waals surface area contributed by atoms with Crippen LogP contribution in [0.4, 0.5) is 10.5 Å². The fourth-order valence-electron chi connectivity index (χ4n) is 3.56. The molecule has 196 valence electrons. The van der Waals surface area contributed by atoms with Crippen LogP contribution in [0.2, 0.25) is 0 Å². The number of carbonyl (C=O) groups excluding carboxylic acids is 3. The number of aryl methyl sites for hydroxylation is 1. The second-order valence-corrected chi connectivity index (χ2v) is 10.4. The average molecular weight is 522 g/mol. The van der Waals surface area contributed by atoms with Crippen LogP contribution in [0.3, 0.4) is 0 Å². The Hall–Kier alpha value is -3.70. The predicted octanol–water partition coefficient (Wildman–Crippen LogP) is 5.38. The molecule has 2 aromatic carbocycles. The highest BCUT2D eigenvalue weighted by Crippen LogP contribution is 2.26. The zero-order valence-corrected chi connectivity index (χ0v) is 22.9. The van der Waals surface area contributed by atoms with Crippen molar-refractivity contribution in [2.45, 2.75) is 51.8 Å². The highest BCUT2D eigenvalue weighted by molar-refractivity contribution is 7.98. The summed E-state index contributed by atoms with van der Waals surface area (Å²) in [5.74, 6) is -0.490. The molecule has 7 nitrogen and oxygen atoms in total. The molecule has 37 heavy (non-hydrogen) atoms. The molecule has 2 rings (SSSR count). The van der Waals surface area contributed by atoms with Gasteiger partial charge in [0.1, 0.15) is 17.7 Å². The quantitative estimate of drug-likeness (QED) is 0.324. The van der Waals surface area contributed by atoms with E-state index in [0.29, 0.717) is 23.4 Å². The summed E-state index contributed by atoms with van der Waals surface area (Å²) in [4.78, 5) is 41.0. The van der Waals surface area contributed by atoms with Gasteiger partial charge in [0, 0.05) is 11.7 Å². The SMILES string of the molecule is C#CN(C(=O)C(CCSC)NC(=O)OC(C)(C)C)C(C(=O)Nc1ccccc1C)c1cccc(C=C)c1. The molecule has 0 heterocycles. The van der Waals surface area contributed by atoms with Crippen molar-refractivity contribution in [3.63, 3.8) is 0 Å². The first-order valence-corrected chi connectivity index (χ1v) is 13.3. The van der Waals surface area contributed by atoms with Crippen molar-refractivity contribution >= 4 is 41.4 Å². The second kappa shape index (κ2) is 13.6. The summed E-state index contributed by atoms with van der Waals surface area (Å²) >= 11 is 1.52. The molecular formula is C29H35N3O4S. The third-order valence-corrected chi connectivity index (χ3v) is 5.99. The molecule has 0 aromatic heterocycles. The van der Waals surface area contributed by atoms with Crippen LogP contribution in [0, 0.1) is 19.4 Å². The lowest BCUT2D eigenvalue weighted by Crippen LogP contribution is -2.51. The van der Waals surface area contributed by atoms with Crippen molar-refractivity contribution in [2.75, 3.05) is 17.3 Å². The van der Waals surface area contributed by atoms with Gasteiger partial charge in [0.15, 0.2) is 0 Å². The molecule has 2 aromatic rings. The molecule has 0 saturated carbocycles. The van der Waals surface area contributed by atoms with E-state index in [1.807, 2.05) is 37.4 Å². The third kappa shape index (κ3) is 8.72. The van der Waals surface area contributed by atoms with Gasteiger partial charge in [-0.1, -0.05) is 55.5 Å². The van der Waals surface area contributed by atoms with Crippen LogP contribution in [0.1, 0.15) is 49.9 Å². The normalized spacial score (nSPS) is 12.4. The van der Waals surface area contributed by atoms with E-state index in [1.165, 1.54) is 11.8 Å². The Morgan fingerprint density at radius 1 is 1.19 bits per heavy atom. The molecule has 0 aliphatic carbocycles. The molecule has 0 fully saturated rings. The number of benzene rings is 2. The molecule has 3 amide bonds. The van der Waals surface area contributed by atoms with Crippen molar-refractivity contribution in [3.8, 4) is 12.5 Å². The van der Waals surface area contributed by atoms with Gasteiger partial charge in [-0.25, -0.2) is 4.79 Å². The van der Waals surface area contributed by atoms with Gasteiger partial charge in [-0.05, 0) is 74.9 Å². The number of hydrogen-bond donors (Lipinski definition) is 2. The Bertz CT molecular complexity index is 1170. The molecule has 2 N–H and O–H groups in total. The molecular weight excluding hydrogens is 486 g/mol. The van der Waals surface area contributed by atoms with Gasteiger partial charge in [-0.2, -0.15) is 11.8 Å². The maximum atomic E-state index is 13.8. The van der Waals surface area contributed by atoms with E-state index in [-0.39, 0.29) is 0 Å². The zero-order chi connectivity index (χ0) is 27.6. The molecule has 0 bridgehead atoms. The van der Waals surface area contributed by atoms with E-state index in [0.717, 1.165) is 16.0 Å². The molecule has 0 radical (unpaired) electrons. The lowest BCUT2D eigenvalue weighted by Gasteiger charge is -2.30. The largest absolute Gasteiger partial charge is 0.444 e. The first kappa shape index (κ1) is 29.5. The fourth-order valence-corrected chi connectivity index (χ4v) is 4.04. The number of para-hydroxylation sites is 1. The summed E-state index contributed by atoms with van der Waals surface area (Å²) in [7, 11) is 0. The van der Waals surface area contributed by atoms with Crippen molar-refractivity contribution in [3.05, 3.63) is 71.8 Å². The van der Waals surface area contributed by atoms with E-state index < -0.39 is 35.6 Å². The van der Waals surface area contributed by atoms with E-state index in [9.17, 15) is 14.4 Å². The number of rotatable bonds is 10. The molecule has 0 aliphatic heterocycles. The molecule has 0 aliphatic rings. The topological polar surface area (TPSA) is 87.7 Å². The van der Waals surface area contributed by atoms with Gasteiger partial charge < -0.3 is 15.4 Å². The van der Waals surface area contributed by atoms with Crippen molar-refractivity contribution < 1.29 is 19.1 Å². The Labute approximate surface area is 224 Å². The molecule has 0 spiro atoms. The Balaban J connectivity index is 2.49. The fraction of sp³-hybridized carbons (Fsp3) is 0.345. The number of terminal acetylenes is 1. The van der Waals surface area contributed by atoms with Crippen molar-refractivity contribution in [1.29, 1.82) is 0 Å². The van der Waals surface area contributed by atoms with Crippen LogP contribution >= 0.6 is 11.8 Å². The Morgan fingerprint density at radius 3 is 2.49 bits per heavy atom. The first-order valence-electron chi connectivity index (χ1n) is 11.9. The summed E-state index contributed by atoms with van der Waals surface area (Å²) in [6, 6.07) is 14.7. The van der Waals surface area contributed by atoms with Gasteiger partial charge in [-0.3, -0.25) is 14.5 Å². The third-order valence-electron chi connectivity index (χ3n) is 5.35. The number of amides is 3. The van der Waals surface area contributed by atoms with Crippen molar-refractivity contribution in [1.82, 2.24) is 10.2 Å². The smallest absolute Gasteiger partial charge is 0.408 e. The standard InChI is InChI=1S/C29H35N3O4S/c1-8-21-14-12-15-22(19-21)25(26(33)30-23-16-11-10-13-20(23)3)32(9-2)27(34)24(17-18-37-7)31-28(35)36-29(4,5)6/h2,8,10-16,19,24-25H,1,17-18H2,3-7H3,(H,30,33)(H,31,35). The number of nitrogens with zero attached hydrogens (tertiary/aromatic N) is 1. The van der Waals surface area contributed by atoms with Crippen LogP contribution in [0.5, 0.6) is 0 Å². The van der Waals surface area contributed by atoms with E-state index in [2.05, 4.69) is 23.3 Å². The van der Waals surface area contributed by atoms with Crippen LogP contribution in [0.15, 0.2) is 55.1 Å². The zero-order valence-electron chi connectivity index (χ0n) is 22.0. The minimum atomic E-state index is -1.16. The lowest BCUT2D eigenvalue weighted by atomic mass is 10.00. The van der Waals surface area contributed by atoms with Crippen LogP contribution in [-0.4, -0.2) is 46.5 Å². The van der Waals surface area contributed by atoms with Gasteiger partial charge in [0.25, 0.3) is 11.8 Å². The van der Waals surface area contributed by atoms with Crippen LogP contribution in [-0.2, 0) is 14.3 Å². The van der Waals surface area contributed by atoms with E-state index in [1.54, 1.807) is 51.1 Å². The van der Waals surface area contributed by atoms with Crippen LogP contribution < -0.4 is 10.6 Å². The summed E-state index contributed by atoms with van der Waals surface area (Å²) in [6.07, 6.45) is 8.95.